The van der Waals surface area contributed by atoms with Gasteiger partial charge in [-0.3, -0.25) is 0 Å². The van der Waals surface area contributed by atoms with Gasteiger partial charge >= 0.3 is 0 Å². The quantitative estimate of drug-likeness (QED) is 0.167. The van der Waals surface area contributed by atoms with Crippen LogP contribution in [0.3, 0.4) is 0 Å². The number of fused-ring (bicyclic) bond motifs is 18. The van der Waals surface area contributed by atoms with E-state index < -0.39 is 0 Å². The van der Waals surface area contributed by atoms with E-state index in [4.69, 9.17) is 15.0 Å². The summed E-state index contributed by atoms with van der Waals surface area (Å²) in [6.45, 7) is 14.2. The van der Waals surface area contributed by atoms with Crippen LogP contribution in [0.4, 0.5) is 0 Å². The Kier molecular flexibility index (Phi) is 10.3. The van der Waals surface area contributed by atoms with E-state index in [-0.39, 0.29) is 16.2 Å². The van der Waals surface area contributed by atoms with Crippen molar-refractivity contribution < 1.29 is 0 Å². The molecule has 0 radical (unpaired) electrons. The van der Waals surface area contributed by atoms with Crippen molar-refractivity contribution in [3.63, 3.8) is 0 Å². The monoisotopic (exact) mass is 1150 g/mol. The molecule has 6 nitrogen and oxygen atoms in total. The van der Waals surface area contributed by atoms with Gasteiger partial charge in [0.2, 0.25) is 0 Å². The molecule has 0 bridgehead atoms. The Morgan fingerprint density at radius 1 is 0.222 bits per heavy atom. The second-order valence-electron chi connectivity index (χ2n) is 26.8. The summed E-state index contributed by atoms with van der Waals surface area (Å²) in [5.74, 6) is 1.82. The summed E-state index contributed by atoms with van der Waals surface area (Å²) in [6, 6.07) is 94.2. The average Bonchev–Trinajstić information content (AvgIpc) is 1.72. The van der Waals surface area contributed by atoms with E-state index in [0.29, 0.717) is 17.5 Å². The van der Waals surface area contributed by atoms with E-state index in [0.717, 1.165) is 33.8 Å². The van der Waals surface area contributed by atoms with Crippen LogP contribution in [-0.4, -0.2) is 28.7 Å². The Hall–Kier alpha value is -11.0. The van der Waals surface area contributed by atoms with Gasteiger partial charge in [-0.05, 0) is 194 Å². The SMILES string of the molecule is CC1(C)c2ccccc2-c2cc3c4ccccc4n(-c4ccc(-c5nc(-c6ccc(-n7c8ccccc8c8cc9c(cc87)C(C)(C)c7ccccc7-9)cc6)nc(-c6ccc(-n7c8ccccc8c8cc9c(cc87)C(C)(C)c7ccccc7-9)cc6)n5)cc4)c3cc21. The number of benzene rings is 12. The van der Waals surface area contributed by atoms with Crippen molar-refractivity contribution in [3.05, 3.63) is 288 Å². The highest BCUT2D eigenvalue weighted by Crippen LogP contribution is 2.54. The number of rotatable bonds is 6. The average molecular weight is 1150 g/mol. The molecule has 0 unspecified atom stereocenters. The van der Waals surface area contributed by atoms with Gasteiger partial charge in [0.25, 0.3) is 0 Å². The van der Waals surface area contributed by atoms with Crippen LogP contribution in [0.2, 0.25) is 0 Å². The molecule has 90 heavy (non-hydrogen) atoms. The molecule has 12 aromatic carbocycles. The third kappa shape index (κ3) is 6.96. The molecule has 4 heterocycles. The van der Waals surface area contributed by atoms with Gasteiger partial charge in [-0.1, -0.05) is 169 Å². The summed E-state index contributed by atoms with van der Waals surface area (Å²) in [5, 5.41) is 7.45. The third-order valence-corrected chi connectivity index (χ3v) is 20.9. The fourth-order valence-corrected chi connectivity index (χ4v) is 16.4. The molecule has 4 aromatic heterocycles. The van der Waals surface area contributed by atoms with E-state index in [9.17, 15) is 0 Å². The van der Waals surface area contributed by atoms with Gasteiger partial charge in [0.1, 0.15) is 0 Å². The first-order valence-electron chi connectivity index (χ1n) is 31.5. The Bertz CT molecular complexity index is 5210. The fraction of sp³-hybridized carbons (Fsp3) is 0.107. The van der Waals surface area contributed by atoms with Gasteiger partial charge in [0.15, 0.2) is 17.5 Å². The van der Waals surface area contributed by atoms with E-state index in [2.05, 4.69) is 310 Å². The zero-order valence-corrected chi connectivity index (χ0v) is 50.9. The molecule has 16 aromatic rings. The summed E-state index contributed by atoms with van der Waals surface area (Å²) in [7, 11) is 0. The van der Waals surface area contributed by atoms with Crippen LogP contribution in [0.5, 0.6) is 0 Å². The van der Waals surface area contributed by atoms with Crippen LogP contribution >= 0.6 is 0 Å². The maximum absolute atomic E-state index is 5.38. The molecule has 0 atom stereocenters. The van der Waals surface area contributed by atoms with Crippen molar-refractivity contribution in [3.8, 4) is 84.6 Å². The highest BCUT2D eigenvalue weighted by atomic mass is 15.0. The molecule has 19 rings (SSSR count). The van der Waals surface area contributed by atoms with Crippen molar-refractivity contribution >= 4 is 65.4 Å². The molecular weight excluding hydrogens is 1090 g/mol. The van der Waals surface area contributed by atoms with Crippen LogP contribution in [-0.2, 0) is 16.2 Å². The zero-order chi connectivity index (χ0) is 60.1. The number of aromatic nitrogens is 6. The highest BCUT2D eigenvalue weighted by Gasteiger charge is 2.39. The Labute approximate surface area is 521 Å². The van der Waals surface area contributed by atoms with Crippen LogP contribution in [0.1, 0.15) is 74.9 Å². The van der Waals surface area contributed by atoms with Crippen LogP contribution in [0.25, 0.3) is 150 Å². The lowest BCUT2D eigenvalue weighted by Crippen LogP contribution is -2.14. The topological polar surface area (TPSA) is 53.5 Å². The first kappa shape index (κ1) is 51.1. The maximum atomic E-state index is 5.38. The lowest BCUT2D eigenvalue weighted by atomic mass is 9.82. The number of hydrogen-bond donors (Lipinski definition) is 0. The number of hydrogen-bond acceptors (Lipinski definition) is 3. The first-order valence-corrected chi connectivity index (χ1v) is 31.5. The minimum Gasteiger partial charge on any atom is -0.309 e. The fourth-order valence-electron chi connectivity index (χ4n) is 16.4. The number of nitrogens with zero attached hydrogens (tertiary/aromatic N) is 6. The van der Waals surface area contributed by atoms with Gasteiger partial charge in [0, 0.05) is 82.3 Å². The van der Waals surface area contributed by atoms with Crippen molar-refractivity contribution in [1.29, 1.82) is 0 Å². The Balaban J connectivity index is 0.745. The van der Waals surface area contributed by atoms with Gasteiger partial charge in [-0.25, -0.2) is 15.0 Å². The van der Waals surface area contributed by atoms with Crippen molar-refractivity contribution in [2.45, 2.75) is 57.8 Å². The van der Waals surface area contributed by atoms with E-state index in [1.807, 2.05) is 0 Å². The summed E-state index contributed by atoms with van der Waals surface area (Å²) in [4.78, 5) is 16.1. The Morgan fingerprint density at radius 2 is 0.478 bits per heavy atom. The second-order valence-corrected chi connectivity index (χ2v) is 26.8. The lowest BCUT2D eigenvalue weighted by Gasteiger charge is -2.21. The third-order valence-electron chi connectivity index (χ3n) is 20.9. The van der Waals surface area contributed by atoms with E-state index in [1.54, 1.807) is 0 Å². The molecule has 0 aliphatic heterocycles. The van der Waals surface area contributed by atoms with Crippen LogP contribution < -0.4 is 0 Å². The summed E-state index contributed by atoms with van der Waals surface area (Å²) < 4.78 is 7.28. The van der Waals surface area contributed by atoms with Crippen molar-refractivity contribution in [2.24, 2.45) is 0 Å². The largest absolute Gasteiger partial charge is 0.309 e. The van der Waals surface area contributed by atoms with Gasteiger partial charge < -0.3 is 13.7 Å². The Morgan fingerprint density at radius 3 is 0.767 bits per heavy atom. The minimum atomic E-state index is -0.132. The van der Waals surface area contributed by atoms with Gasteiger partial charge in [-0.15, -0.1) is 0 Å². The predicted molar refractivity (Wildman–Crippen MR) is 372 cm³/mol. The molecule has 6 heteroatoms. The molecule has 3 aliphatic rings. The summed E-state index contributed by atoms with van der Waals surface area (Å²) >= 11 is 0. The zero-order valence-electron chi connectivity index (χ0n) is 50.9. The molecule has 0 fully saturated rings. The normalized spacial score (nSPS) is 14.6. The standard InChI is InChI=1S/C84H60N6/c1-82(2)67-25-13-7-19-55(67)61-43-64-58-22-10-16-28-73(58)88(76(64)46-70(61)82)52-37-31-49(32-38-52)79-85-80(50-33-39-53(40-34-50)89-74-29-17-11-23-59(74)65-44-62-56-20-8-14-26-68(56)83(3,4)71(62)47-77(65)89)87-81(86-79)51-35-41-54(42-36-51)90-75-30-18-12-24-60(75)66-45-63-57-21-9-15-27-69(57)84(5,6)72(63)48-78(66)90/h7-48H,1-6H3. The molecule has 0 saturated carbocycles. The van der Waals surface area contributed by atoms with Crippen LogP contribution in [0, 0.1) is 0 Å². The first-order chi connectivity index (χ1) is 43.9. The molecule has 0 saturated heterocycles. The van der Waals surface area contributed by atoms with Crippen molar-refractivity contribution in [2.75, 3.05) is 0 Å². The molecule has 426 valence electrons. The van der Waals surface area contributed by atoms with Crippen molar-refractivity contribution in [1.82, 2.24) is 28.7 Å². The van der Waals surface area contributed by atoms with E-state index >= 15 is 0 Å². The van der Waals surface area contributed by atoms with Crippen LogP contribution in [0.15, 0.2) is 255 Å². The minimum absolute atomic E-state index is 0.132. The number of para-hydroxylation sites is 3. The summed E-state index contributed by atoms with van der Waals surface area (Å²) in [6.07, 6.45) is 0. The molecule has 0 amide bonds. The lowest BCUT2D eigenvalue weighted by molar-refractivity contribution is 0.661. The maximum Gasteiger partial charge on any atom is 0.164 e. The molecule has 0 spiro atoms. The van der Waals surface area contributed by atoms with Gasteiger partial charge in [0.05, 0.1) is 33.1 Å². The van der Waals surface area contributed by atoms with Gasteiger partial charge in [-0.2, -0.15) is 0 Å². The smallest absolute Gasteiger partial charge is 0.164 e. The molecule has 3 aliphatic carbocycles. The highest BCUT2D eigenvalue weighted by molar-refractivity contribution is 6.14. The molecular formula is C84H60N6. The van der Waals surface area contributed by atoms with E-state index in [1.165, 1.54) is 132 Å². The second kappa shape index (κ2) is 18.1. The summed E-state index contributed by atoms with van der Waals surface area (Å²) in [5.41, 5.74) is 28.8. The predicted octanol–water partition coefficient (Wildman–Crippen LogP) is 21.1. The molecule has 0 N–H and O–H groups in total.